The van der Waals surface area contributed by atoms with Gasteiger partial charge in [-0.25, -0.2) is 14.8 Å². The zero-order valence-electron chi connectivity index (χ0n) is 16.9. The summed E-state index contributed by atoms with van der Waals surface area (Å²) in [5.74, 6) is 0.979. The Morgan fingerprint density at radius 1 is 1.06 bits per heavy atom. The molecular weight excluding hydrogens is 398 g/mol. The van der Waals surface area contributed by atoms with Crippen molar-refractivity contribution in [1.82, 2.24) is 15.0 Å². The van der Waals surface area contributed by atoms with Crippen molar-refractivity contribution in [2.24, 2.45) is 0 Å². The summed E-state index contributed by atoms with van der Waals surface area (Å²) in [5, 5.41) is 0.519. The van der Waals surface area contributed by atoms with Crippen LogP contribution in [0.3, 0.4) is 0 Å². The van der Waals surface area contributed by atoms with Gasteiger partial charge in [-0.1, -0.05) is 12.1 Å². The first-order valence-corrected chi connectivity index (χ1v) is 9.57. The standard InChI is InChI=1S/C23H19N3O5/c1-3-30-23(28)15-10-11-24-20(13-15)31-18-9-8-14(12-19(18)29-2)21-25-17-7-5-4-6-16(17)22(27)26-21/h4-13H,3H2,1-2H3,(H,25,26,27). The maximum atomic E-state index is 12.4. The zero-order valence-corrected chi connectivity index (χ0v) is 16.9. The van der Waals surface area contributed by atoms with E-state index < -0.39 is 5.97 Å². The number of aromatic amines is 1. The number of nitrogens with one attached hydrogen (secondary N) is 1. The summed E-state index contributed by atoms with van der Waals surface area (Å²) in [6.45, 7) is 2.01. The maximum Gasteiger partial charge on any atom is 0.338 e. The number of ether oxygens (including phenoxy) is 3. The number of benzene rings is 2. The second-order valence-corrected chi connectivity index (χ2v) is 6.50. The molecule has 31 heavy (non-hydrogen) atoms. The smallest absolute Gasteiger partial charge is 0.338 e. The number of H-pyrrole nitrogens is 1. The summed E-state index contributed by atoms with van der Waals surface area (Å²) in [6, 6.07) is 15.3. The molecule has 0 saturated carbocycles. The number of para-hydroxylation sites is 1. The number of fused-ring (bicyclic) bond motifs is 1. The number of rotatable bonds is 6. The molecule has 8 nitrogen and oxygen atoms in total. The second kappa shape index (κ2) is 8.66. The first-order valence-electron chi connectivity index (χ1n) is 9.57. The Kier molecular flexibility index (Phi) is 5.61. The van der Waals surface area contributed by atoms with Crippen LogP contribution >= 0.6 is 0 Å². The third kappa shape index (κ3) is 4.23. The van der Waals surface area contributed by atoms with Crippen LogP contribution in [0, 0.1) is 0 Å². The molecule has 0 aliphatic carbocycles. The van der Waals surface area contributed by atoms with Crippen LogP contribution in [-0.2, 0) is 4.74 Å². The average molecular weight is 417 g/mol. The van der Waals surface area contributed by atoms with Crippen molar-refractivity contribution < 1.29 is 19.0 Å². The van der Waals surface area contributed by atoms with Crippen molar-refractivity contribution in [3.63, 3.8) is 0 Å². The molecule has 0 unspecified atom stereocenters. The van der Waals surface area contributed by atoms with Gasteiger partial charge in [-0.2, -0.15) is 0 Å². The number of aromatic nitrogens is 3. The molecule has 2 heterocycles. The Hall–Kier alpha value is -4.20. The van der Waals surface area contributed by atoms with Crippen LogP contribution in [0.15, 0.2) is 65.6 Å². The second-order valence-electron chi connectivity index (χ2n) is 6.50. The van der Waals surface area contributed by atoms with Gasteiger partial charge in [0.25, 0.3) is 5.56 Å². The van der Waals surface area contributed by atoms with Gasteiger partial charge in [-0.05, 0) is 43.3 Å². The maximum absolute atomic E-state index is 12.4. The molecule has 0 atom stereocenters. The van der Waals surface area contributed by atoms with Crippen LogP contribution < -0.4 is 15.0 Å². The molecular formula is C23H19N3O5. The Morgan fingerprint density at radius 2 is 1.90 bits per heavy atom. The van der Waals surface area contributed by atoms with Gasteiger partial charge in [0.05, 0.1) is 30.2 Å². The van der Waals surface area contributed by atoms with E-state index in [1.165, 1.54) is 19.4 Å². The fourth-order valence-corrected chi connectivity index (χ4v) is 3.04. The largest absolute Gasteiger partial charge is 0.493 e. The minimum absolute atomic E-state index is 0.217. The quantitative estimate of drug-likeness (QED) is 0.474. The van der Waals surface area contributed by atoms with E-state index in [-0.39, 0.29) is 18.0 Å². The summed E-state index contributed by atoms with van der Waals surface area (Å²) in [5.41, 5.74) is 1.36. The van der Waals surface area contributed by atoms with Crippen molar-refractivity contribution in [3.05, 3.63) is 76.7 Å². The lowest BCUT2D eigenvalue weighted by Gasteiger charge is -2.12. The molecule has 0 aliphatic rings. The molecule has 2 aromatic heterocycles. The lowest BCUT2D eigenvalue weighted by atomic mass is 10.1. The van der Waals surface area contributed by atoms with Crippen molar-refractivity contribution >= 4 is 16.9 Å². The summed E-state index contributed by atoms with van der Waals surface area (Å²) >= 11 is 0. The Morgan fingerprint density at radius 3 is 2.71 bits per heavy atom. The zero-order chi connectivity index (χ0) is 21.8. The van der Waals surface area contributed by atoms with Crippen LogP contribution in [0.4, 0.5) is 0 Å². The molecule has 0 saturated heterocycles. The molecule has 0 aliphatic heterocycles. The summed E-state index contributed by atoms with van der Waals surface area (Å²) < 4.78 is 16.3. The van der Waals surface area contributed by atoms with Gasteiger partial charge in [0.15, 0.2) is 11.5 Å². The summed E-state index contributed by atoms with van der Waals surface area (Å²) in [4.78, 5) is 35.8. The fraction of sp³-hybridized carbons (Fsp3) is 0.130. The number of nitrogens with zero attached hydrogens (tertiary/aromatic N) is 2. The minimum atomic E-state index is -0.455. The molecule has 8 heteroatoms. The van der Waals surface area contributed by atoms with E-state index in [9.17, 15) is 9.59 Å². The molecule has 1 N–H and O–H groups in total. The summed E-state index contributed by atoms with van der Waals surface area (Å²) in [6.07, 6.45) is 1.46. The van der Waals surface area contributed by atoms with Crippen molar-refractivity contribution in [2.75, 3.05) is 13.7 Å². The van der Waals surface area contributed by atoms with Crippen LogP contribution in [-0.4, -0.2) is 34.6 Å². The average Bonchev–Trinajstić information content (AvgIpc) is 2.79. The number of esters is 1. The molecule has 0 amide bonds. The van der Waals surface area contributed by atoms with E-state index in [0.717, 1.165) is 0 Å². The third-order valence-corrected chi connectivity index (χ3v) is 4.51. The van der Waals surface area contributed by atoms with Crippen molar-refractivity contribution in [2.45, 2.75) is 6.92 Å². The fourth-order valence-electron chi connectivity index (χ4n) is 3.04. The Balaban J connectivity index is 1.66. The van der Waals surface area contributed by atoms with E-state index >= 15 is 0 Å². The van der Waals surface area contributed by atoms with Gasteiger partial charge in [-0.3, -0.25) is 4.79 Å². The lowest BCUT2D eigenvalue weighted by molar-refractivity contribution is 0.0526. The number of carbonyl (C=O) groups is 1. The Labute approximate surface area is 177 Å². The molecule has 2 aromatic carbocycles. The van der Waals surface area contributed by atoms with E-state index in [1.807, 2.05) is 6.07 Å². The predicted octanol–water partition coefficient (Wildman–Crippen LogP) is 3.96. The monoisotopic (exact) mass is 417 g/mol. The number of pyridine rings is 1. The molecule has 0 spiro atoms. The highest BCUT2D eigenvalue weighted by atomic mass is 16.5. The molecule has 4 aromatic rings. The highest BCUT2D eigenvalue weighted by molar-refractivity contribution is 5.89. The molecule has 156 valence electrons. The Bertz CT molecular complexity index is 1320. The molecule has 0 bridgehead atoms. The molecule has 4 rings (SSSR count). The normalized spacial score (nSPS) is 10.6. The van der Waals surface area contributed by atoms with E-state index in [2.05, 4.69) is 15.0 Å². The number of hydrogen-bond acceptors (Lipinski definition) is 7. The number of carbonyl (C=O) groups excluding carboxylic acids is 1. The van der Waals surface area contributed by atoms with Crippen LogP contribution in [0.5, 0.6) is 17.4 Å². The molecule has 0 fully saturated rings. The first-order chi connectivity index (χ1) is 15.1. The highest BCUT2D eigenvalue weighted by Crippen LogP contribution is 2.34. The topological polar surface area (TPSA) is 103 Å². The van der Waals surface area contributed by atoms with Gasteiger partial charge in [0.1, 0.15) is 5.82 Å². The van der Waals surface area contributed by atoms with E-state index in [4.69, 9.17) is 14.2 Å². The van der Waals surface area contributed by atoms with Crippen LogP contribution in [0.25, 0.3) is 22.3 Å². The summed E-state index contributed by atoms with van der Waals surface area (Å²) in [7, 11) is 1.50. The van der Waals surface area contributed by atoms with Crippen LogP contribution in [0.2, 0.25) is 0 Å². The highest BCUT2D eigenvalue weighted by Gasteiger charge is 2.13. The van der Waals surface area contributed by atoms with Gasteiger partial charge in [0.2, 0.25) is 5.88 Å². The third-order valence-electron chi connectivity index (χ3n) is 4.51. The predicted molar refractivity (Wildman–Crippen MR) is 115 cm³/mol. The van der Waals surface area contributed by atoms with Gasteiger partial charge < -0.3 is 19.2 Å². The molecule has 0 radical (unpaired) electrons. The van der Waals surface area contributed by atoms with Gasteiger partial charge in [0, 0.05) is 17.8 Å². The van der Waals surface area contributed by atoms with Crippen LogP contribution in [0.1, 0.15) is 17.3 Å². The number of hydrogen-bond donors (Lipinski definition) is 1. The van der Waals surface area contributed by atoms with Gasteiger partial charge >= 0.3 is 5.97 Å². The first kappa shape index (κ1) is 20.1. The SMILES string of the molecule is CCOC(=O)c1ccnc(Oc2ccc(-c3nc4ccccc4c(=O)[nH]3)cc2OC)c1. The van der Waals surface area contributed by atoms with Crippen molar-refractivity contribution in [3.8, 4) is 28.8 Å². The number of methoxy groups -OCH3 is 1. The van der Waals surface area contributed by atoms with E-state index in [0.29, 0.717) is 39.4 Å². The van der Waals surface area contributed by atoms with Crippen molar-refractivity contribution in [1.29, 1.82) is 0 Å². The van der Waals surface area contributed by atoms with Gasteiger partial charge in [-0.15, -0.1) is 0 Å². The lowest BCUT2D eigenvalue weighted by Crippen LogP contribution is -2.09. The van der Waals surface area contributed by atoms with E-state index in [1.54, 1.807) is 49.4 Å². The minimum Gasteiger partial charge on any atom is -0.493 e.